The molecule has 0 aliphatic carbocycles. The van der Waals surface area contributed by atoms with Crippen LogP contribution in [0.1, 0.15) is 26.3 Å². The topological polar surface area (TPSA) is 27.1 Å². The molecule has 0 aliphatic rings. The molecule has 0 spiro atoms. The second-order valence-corrected chi connectivity index (χ2v) is 10.6. The van der Waals surface area contributed by atoms with Crippen LogP contribution in [0, 0.1) is 12.3 Å². The summed E-state index contributed by atoms with van der Waals surface area (Å²) in [4.78, 5) is 0. The molecule has 0 N–H and O–H groups in total. The van der Waals surface area contributed by atoms with E-state index in [4.69, 9.17) is 10.8 Å². The predicted molar refractivity (Wildman–Crippen MR) is 73.3 cm³/mol. The van der Waals surface area contributed by atoms with Gasteiger partial charge in [-0.05, 0) is 18.1 Å². The Bertz CT molecular complexity index is 410. The van der Waals surface area contributed by atoms with Crippen molar-refractivity contribution in [2.24, 2.45) is 0 Å². The summed E-state index contributed by atoms with van der Waals surface area (Å²) >= 11 is 0. The first-order chi connectivity index (χ1) is 7.76. The second-order valence-electron chi connectivity index (χ2n) is 5.75. The maximum absolute atomic E-state index is 6.07. The Morgan fingerprint density at radius 2 is 2.12 bits per heavy atom. The first-order valence-corrected chi connectivity index (χ1v) is 8.80. The lowest BCUT2D eigenvalue weighted by atomic mass is 10.2. The Morgan fingerprint density at radius 3 is 2.59 bits per heavy atom. The van der Waals surface area contributed by atoms with Gasteiger partial charge < -0.3 is 4.43 Å². The van der Waals surface area contributed by atoms with E-state index < -0.39 is 8.32 Å². The van der Waals surface area contributed by atoms with Crippen LogP contribution in [0.4, 0.5) is 0 Å². The fourth-order valence-electron chi connectivity index (χ4n) is 1.17. The molecule has 3 nitrogen and oxygen atoms in total. The fourth-order valence-corrected chi connectivity index (χ4v) is 2.21. The molecule has 0 atom stereocenters. The highest BCUT2D eigenvalue weighted by molar-refractivity contribution is 6.74. The molecule has 4 heteroatoms. The summed E-state index contributed by atoms with van der Waals surface area (Å²) in [7, 11) is -1.64. The molecule has 0 amide bonds. The maximum Gasteiger partial charge on any atom is 0.192 e. The Hall–Kier alpha value is -1.05. The SMILES string of the molecule is C#Cc1cnn(CCO[Si](C)(C)C(C)(C)C)c1. The zero-order chi connectivity index (χ0) is 13.1. The molecule has 1 heterocycles. The number of hydrogen-bond donors (Lipinski definition) is 0. The van der Waals surface area contributed by atoms with Gasteiger partial charge in [-0.25, -0.2) is 0 Å². The molecule has 0 bridgehead atoms. The largest absolute Gasteiger partial charge is 0.415 e. The molecule has 0 aliphatic heterocycles. The van der Waals surface area contributed by atoms with Crippen LogP contribution < -0.4 is 0 Å². The second kappa shape index (κ2) is 5.07. The molecule has 0 fully saturated rings. The molecule has 0 saturated carbocycles. The van der Waals surface area contributed by atoms with Crippen LogP contribution in [-0.2, 0) is 11.0 Å². The molecule has 1 aromatic rings. The summed E-state index contributed by atoms with van der Waals surface area (Å²) in [6.07, 6.45) is 8.86. The van der Waals surface area contributed by atoms with Crippen molar-refractivity contribution >= 4 is 8.32 Å². The average Bonchev–Trinajstić information content (AvgIpc) is 2.63. The van der Waals surface area contributed by atoms with Gasteiger partial charge in [0.05, 0.1) is 24.9 Å². The van der Waals surface area contributed by atoms with E-state index in [0.717, 1.165) is 12.1 Å². The van der Waals surface area contributed by atoms with Gasteiger partial charge >= 0.3 is 0 Å². The first-order valence-electron chi connectivity index (χ1n) is 5.89. The van der Waals surface area contributed by atoms with Crippen LogP contribution >= 0.6 is 0 Å². The van der Waals surface area contributed by atoms with E-state index in [9.17, 15) is 0 Å². The molecule has 0 saturated heterocycles. The third-order valence-corrected chi connectivity index (χ3v) is 7.93. The highest BCUT2D eigenvalue weighted by atomic mass is 28.4. The van der Waals surface area contributed by atoms with Crippen molar-refractivity contribution in [1.29, 1.82) is 0 Å². The molecular formula is C13H22N2OSi. The van der Waals surface area contributed by atoms with Gasteiger partial charge in [0.25, 0.3) is 0 Å². The molecular weight excluding hydrogens is 228 g/mol. The van der Waals surface area contributed by atoms with Gasteiger partial charge in [0.1, 0.15) is 0 Å². The van der Waals surface area contributed by atoms with Crippen LogP contribution in [0.3, 0.4) is 0 Å². The van der Waals surface area contributed by atoms with E-state index in [2.05, 4.69) is 44.9 Å². The van der Waals surface area contributed by atoms with Crippen LogP contribution in [0.2, 0.25) is 18.1 Å². The minimum atomic E-state index is -1.64. The van der Waals surface area contributed by atoms with Crippen LogP contribution in [0.15, 0.2) is 12.4 Å². The summed E-state index contributed by atoms with van der Waals surface area (Å²) in [5.41, 5.74) is 0.817. The minimum absolute atomic E-state index is 0.251. The smallest absolute Gasteiger partial charge is 0.192 e. The molecule has 0 radical (unpaired) electrons. The van der Waals surface area contributed by atoms with Gasteiger partial charge in [0.15, 0.2) is 8.32 Å². The van der Waals surface area contributed by atoms with Crippen molar-refractivity contribution in [1.82, 2.24) is 9.78 Å². The van der Waals surface area contributed by atoms with Crippen molar-refractivity contribution in [3.05, 3.63) is 18.0 Å². The standard InChI is InChI=1S/C13H22N2OSi/c1-7-12-10-14-15(11-12)8-9-16-17(5,6)13(2,3)4/h1,10-11H,8-9H2,2-6H3. The van der Waals surface area contributed by atoms with Gasteiger partial charge in [0, 0.05) is 6.20 Å². The number of terminal acetylenes is 1. The third kappa shape index (κ3) is 3.72. The van der Waals surface area contributed by atoms with Crippen molar-refractivity contribution in [2.75, 3.05) is 6.61 Å². The predicted octanol–water partition coefficient (Wildman–Crippen LogP) is 2.89. The molecule has 94 valence electrons. The maximum atomic E-state index is 6.07. The Kier molecular flexibility index (Phi) is 4.18. The van der Waals surface area contributed by atoms with Crippen LogP contribution in [-0.4, -0.2) is 24.7 Å². The number of aromatic nitrogens is 2. The molecule has 1 rings (SSSR count). The fraction of sp³-hybridized carbons (Fsp3) is 0.615. The Balaban J connectivity index is 2.46. The van der Waals surface area contributed by atoms with Gasteiger partial charge in [-0.2, -0.15) is 5.10 Å². The highest BCUT2D eigenvalue weighted by Crippen LogP contribution is 2.36. The Morgan fingerprint density at radius 1 is 1.47 bits per heavy atom. The van der Waals surface area contributed by atoms with Crippen LogP contribution in [0.5, 0.6) is 0 Å². The molecule has 0 aromatic carbocycles. The minimum Gasteiger partial charge on any atom is -0.415 e. The quantitative estimate of drug-likeness (QED) is 0.607. The lowest BCUT2D eigenvalue weighted by molar-refractivity contribution is 0.266. The van der Waals surface area contributed by atoms with E-state index in [1.54, 1.807) is 6.20 Å². The van der Waals surface area contributed by atoms with Gasteiger partial charge in [-0.15, -0.1) is 6.42 Å². The Labute approximate surface area is 105 Å². The van der Waals surface area contributed by atoms with E-state index in [1.165, 1.54) is 0 Å². The van der Waals surface area contributed by atoms with Crippen LogP contribution in [0.25, 0.3) is 0 Å². The van der Waals surface area contributed by atoms with Gasteiger partial charge in [0.2, 0.25) is 0 Å². The van der Waals surface area contributed by atoms with Crippen molar-refractivity contribution in [3.8, 4) is 12.3 Å². The molecule has 17 heavy (non-hydrogen) atoms. The first kappa shape index (κ1) is 14.0. The number of rotatable bonds is 4. The monoisotopic (exact) mass is 250 g/mol. The van der Waals surface area contributed by atoms with E-state index in [0.29, 0.717) is 6.61 Å². The average molecular weight is 250 g/mol. The van der Waals surface area contributed by atoms with Gasteiger partial charge in [-0.1, -0.05) is 26.7 Å². The number of nitrogens with zero attached hydrogens (tertiary/aromatic N) is 2. The lowest BCUT2D eigenvalue weighted by Gasteiger charge is -2.36. The normalized spacial score (nSPS) is 12.5. The molecule has 0 unspecified atom stereocenters. The summed E-state index contributed by atoms with van der Waals surface area (Å²) in [5.74, 6) is 2.56. The molecule has 1 aromatic heterocycles. The third-order valence-electron chi connectivity index (χ3n) is 3.39. The van der Waals surface area contributed by atoms with E-state index in [-0.39, 0.29) is 5.04 Å². The summed E-state index contributed by atoms with van der Waals surface area (Å²) < 4.78 is 7.90. The summed E-state index contributed by atoms with van der Waals surface area (Å²) in [6.45, 7) is 12.7. The van der Waals surface area contributed by atoms with Gasteiger partial charge in [-0.3, -0.25) is 4.68 Å². The highest BCUT2D eigenvalue weighted by Gasteiger charge is 2.36. The van der Waals surface area contributed by atoms with Crippen molar-refractivity contribution < 1.29 is 4.43 Å². The summed E-state index contributed by atoms with van der Waals surface area (Å²) in [5, 5.41) is 4.43. The lowest BCUT2D eigenvalue weighted by Crippen LogP contribution is -2.41. The summed E-state index contributed by atoms with van der Waals surface area (Å²) in [6, 6.07) is 0. The number of hydrogen-bond acceptors (Lipinski definition) is 2. The van der Waals surface area contributed by atoms with E-state index in [1.807, 2.05) is 10.9 Å². The van der Waals surface area contributed by atoms with Crippen molar-refractivity contribution in [2.45, 2.75) is 45.4 Å². The van der Waals surface area contributed by atoms with Crippen molar-refractivity contribution in [3.63, 3.8) is 0 Å². The zero-order valence-corrected chi connectivity index (χ0v) is 12.4. The zero-order valence-electron chi connectivity index (χ0n) is 11.4. The van der Waals surface area contributed by atoms with E-state index >= 15 is 0 Å².